The summed E-state index contributed by atoms with van der Waals surface area (Å²) in [5, 5.41) is 3.53. The van der Waals surface area contributed by atoms with Gasteiger partial charge in [-0.3, -0.25) is 4.79 Å². The molecule has 26 heavy (non-hydrogen) atoms. The maximum Gasteiger partial charge on any atom is 0.189 e. The van der Waals surface area contributed by atoms with Crippen molar-refractivity contribution in [3.05, 3.63) is 70.3 Å². The van der Waals surface area contributed by atoms with Crippen LogP contribution in [0.4, 0.5) is 0 Å². The SMILES string of the molecule is CC1(C)Cc2ccccc2/C(=C/C(=O)c2ccc(S(C)(=O)=O)cc2Cl)N1. The fourth-order valence-corrected chi connectivity index (χ4v) is 4.12. The summed E-state index contributed by atoms with van der Waals surface area (Å²) >= 11 is 6.17. The molecule has 6 heteroatoms. The average molecular weight is 390 g/mol. The molecular weight excluding hydrogens is 370 g/mol. The molecule has 0 aromatic heterocycles. The molecule has 0 unspecified atom stereocenters. The van der Waals surface area contributed by atoms with Crippen molar-refractivity contribution in [3.63, 3.8) is 0 Å². The summed E-state index contributed by atoms with van der Waals surface area (Å²) in [5.74, 6) is -0.273. The number of halogens is 1. The van der Waals surface area contributed by atoms with Gasteiger partial charge in [-0.15, -0.1) is 0 Å². The Hall–Kier alpha value is -2.11. The van der Waals surface area contributed by atoms with E-state index in [1.165, 1.54) is 29.8 Å². The summed E-state index contributed by atoms with van der Waals surface area (Å²) < 4.78 is 23.3. The number of carbonyl (C=O) groups excluding carboxylic acids is 1. The Bertz CT molecular complexity index is 1020. The van der Waals surface area contributed by atoms with E-state index in [1.54, 1.807) is 0 Å². The number of rotatable bonds is 3. The fourth-order valence-electron chi connectivity index (χ4n) is 3.14. The molecule has 0 spiro atoms. The molecule has 1 aliphatic rings. The van der Waals surface area contributed by atoms with Gasteiger partial charge in [-0.25, -0.2) is 8.42 Å². The van der Waals surface area contributed by atoms with Gasteiger partial charge in [0.15, 0.2) is 15.6 Å². The van der Waals surface area contributed by atoms with Gasteiger partial charge in [0.25, 0.3) is 0 Å². The summed E-state index contributed by atoms with van der Waals surface area (Å²) in [5.41, 5.74) is 3.00. The van der Waals surface area contributed by atoms with Crippen molar-refractivity contribution in [3.8, 4) is 0 Å². The Morgan fingerprint density at radius 2 is 1.88 bits per heavy atom. The van der Waals surface area contributed by atoms with Crippen molar-refractivity contribution in [2.24, 2.45) is 0 Å². The zero-order chi connectivity index (χ0) is 19.1. The van der Waals surface area contributed by atoms with E-state index >= 15 is 0 Å². The highest BCUT2D eigenvalue weighted by Crippen LogP contribution is 2.30. The van der Waals surface area contributed by atoms with Gasteiger partial charge < -0.3 is 5.32 Å². The van der Waals surface area contributed by atoms with Crippen molar-refractivity contribution in [2.75, 3.05) is 6.26 Å². The lowest BCUT2D eigenvalue weighted by molar-refractivity contribution is 0.104. The van der Waals surface area contributed by atoms with Gasteiger partial charge in [0.05, 0.1) is 9.92 Å². The van der Waals surface area contributed by atoms with Crippen molar-refractivity contribution in [1.29, 1.82) is 0 Å². The Kier molecular flexibility index (Phi) is 4.71. The largest absolute Gasteiger partial charge is 0.379 e. The van der Waals surface area contributed by atoms with Crippen molar-refractivity contribution < 1.29 is 13.2 Å². The Balaban J connectivity index is 2.02. The predicted molar refractivity (Wildman–Crippen MR) is 104 cm³/mol. The first-order valence-electron chi connectivity index (χ1n) is 8.19. The van der Waals surface area contributed by atoms with E-state index in [9.17, 15) is 13.2 Å². The summed E-state index contributed by atoms with van der Waals surface area (Å²) in [6, 6.07) is 12.1. The van der Waals surface area contributed by atoms with E-state index < -0.39 is 9.84 Å². The van der Waals surface area contributed by atoms with E-state index in [4.69, 9.17) is 11.6 Å². The molecule has 1 aliphatic heterocycles. The van der Waals surface area contributed by atoms with Gasteiger partial charge in [0, 0.05) is 34.7 Å². The second-order valence-corrected chi connectivity index (χ2v) is 9.60. The number of allylic oxidation sites excluding steroid dienone is 1. The molecule has 0 aliphatic carbocycles. The van der Waals surface area contributed by atoms with E-state index in [0.29, 0.717) is 0 Å². The lowest BCUT2D eigenvalue weighted by Gasteiger charge is -2.35. The zero-order valence-electron chi connectivity index (χ0n) is 14.8. The number of fused-ring (bicyclic) bond motifs is 1. The molecule has 0 bridgehead atoms. The van der Waals surface area contributed by atoms with Gasteiger partial charge >= 0.3 is 0 Å². The number of nitrogens with one attached hydrogen (secondary N) is 1. The minimum absolute atomic E-state index is 0.0916. The van der Waals surface area contributed by atoms with Crippen LogP contribution >= 0.6 is 11.6 Å². The highest BCUT2D eigenvalue weighted by molar-refractivity contribution is 7.90. The first-order chi connectivity index (χ1) is 12.1. The van der Waals surface area contributed by atoms with Crippen LogP contribution in [0, 0.1) is 0 Å². The van der Waals surface area contributed by atoms with Gasteiger partial charge in [-0.05, 0) is 44.0 Å². The Labute approximate surface area is 158 Å². The molecule has 0 amide bonds. The lowest BCUT2D eigenvalue weighted by Crippen LogP contribution is -2.43. The highest BCUT2D eigenvalue weighted by atomic mass is 35.5. The van der Waals surface area contributed by atoms with Crippen LogP contribution in [-0.2, 0) is 16.3 Å². The van der Waals surface area contributed by atoms with Crippen LogP contribution in [0.25, 0.3) is 5.70 Å². The average Bonchev–Trinajstić information content (AvgIpc) is 2.52. The van der Waals surface area contributed by atoms with Crippen LogP contribution < -0.4 is 5.32 Å². The first kappa shape index (κ1) is 18.7. The standard InChI is InChI=1S/C20H20ClNO3S/c1-20(2)12-13-6-4-5-7-15(13)18(22-20)11-19(23)16-9-8-14(10-17(16)21)26(3,24)25/h4-11,22H,12H2,1-3H3/b18-11-. The molecule has 3 rings (SSSR count). The Morgan fingerprint density at radius 3 is 2.54 bits per heavy atom. The van der Waals surface area contributed by atoms with Crippen LogP contribution in [0.2, 0.25) is 5.02 Å². The molecule has 2 aromatic rings. The third kappa shape index (κ3) is 3.84. The van der Waals surface area contributed by atoms with Gasteiger partial charge in [0.2, 0.25) is 0 Å². The molecule has 136 valence electrons. The van der Waals surface area contributed by atoms with Crippen LogP contribution in [0.3, 0.4) is 0 Å². The molecular formula is C20H20ClNO3S. The van der Waals surface area contributed by atoms with Gasteiger partial charge in [0.1, 0.15) is 0 Å². The molecule has 1 N–H and O–H groups in total. The minimum Gasteiger partial charge on any atom is -0.379 e. The maximum atomic E-state index is 12.8. The number of ketones is 1. The second-order valence-electron chi connectivity index (χ2n) is 7.18. The van der Waals surface area contributed by atoms with Crippen LogP contribution in [0.5, 0.6) is 0 Å². The second kappa shape index (κ2) is 6.56. The number of hydrogen-bond acceptors (Lipinski definition) is 4. The molecule has 0 saturated carbocycles. The van der Waals surface area contributed by atoms with E-state index in [2.05, 4.69) is 25.2 Å². The molecule has 0 atom stereocenters. The molecule has 0 saturated heterocycles. The van der Waals surface area contributed by atoms with Crippen LogP contribution in [-0.4, -0.2) is 26.0 Å². The monoisotopic (exact) mass is 389 g/mol. The number of benzene rings is 2. The maximum absolute atomic E-state index is 12.8. The summed E-state index contributed by atoms with van der Waals surface area (Å²) in [4.78, 5) is 12.9. The number of hydrogen-bond donors (Lipinski definition) is 1. The summed E-state index contributed by atoms with van der Waals surface area (Å²) in [7, 11) is -3.37. The molecule has 2 aromatic carbocycles. The highest BCUT2D eigenvalue weighted by Gasteiger charge is 2.27. The van der Waals surface area contributed by atoms with Gasteiger partial charge in [-0.1, -0.05) is 35.9 Å². The third-order valence-corrected chi connectivity index (χ3v) is 5.75. The van der Waals surface area contributed by atoms with Crippen LogP contribution in [0.1, 0.15) is 35.3 Å². The number of sulfone groups is 1. The number of carbonyl (C=O) groups is 1. The first-order valence-corrected chi connectivity index (χ1v) is 10.5. The van der Waals surface area contributed by atoms with Crippen molar-refractivity contribution in [1.82, 2.24) is 5.32 Å². The molecule has 4 nitrogen and oxygen atoms in total. The van der Waals surface area contributed by atoms with Gasteiger partial charge in [-0.2, -0.15) is 0 Å². The minimum atomic E-state index is -3.37. The van der Waals surface area contributed by atoms with E-state index in [1.807, 2.05) is 18.2 Å². The smallest absolute Gasteiger partial charge is 0.189 e. The van der Waals surface area contributed by atoms with E-state index in [0.717, 1.165) is 23.9 Å². The van der Waals surface area contributed by atoms with Crippen LogP contribution in [0.15, 0.2) is 53.4 Å². The molecule has 1 heterocycles. The summed E-state index contributed by atoms with van der Waals surface area (Å²) in [6.45, 7) is 4.16. The van der Waals surface area contributed by atoms with Crippen molar-refractivity contribution >= 4 is 32.9 Å². The summed E-state index contributed by atoms with van der Waals surface area (Å²) in [6.07, 6.45) is 3.49. The topological polar surface area (TPSA) is 63.2 Å². The zero-order valence-corrected chi connectivity index (χ0v) is 16.4. The quantitative estimate of drug-likeness (QED) is 0.639. The molecule has 0 radical (unpaired) electrons. The normalized spacial score (nSPS) is 17.5. The predicted octanol–water partition coefficient (Wildman–Crippen LogP) is 3.89. The Morgan fingerprint density at radius 1 is 1.19 bits per heavy atom. The molecule has 0 fully saturated rings. The van der Waals surface area contributed by atoms with Crippen molar-refractivity contribution in [2.45, 2.75) is 30.7 Å². The van der Waals surface area contributed by atoms with E-state index in [-0.39, 0.29) is 26.8 Å². The lowest BCUT2D eigenvalue weighted by atomic mass is 9.85. The third-order valence-electron chi connectivity index (χ3n) is 4.32. The fraction of sp³-hybridized carbons (Fsp3) is 0.250.